The maximum atomic E-state index is 4.43. The van der Waals surface area contributed by atoms with Crippen molar-refractivity contribution in [2.24, 2.45) is 0 Å². The van der Waals surface area contributed by atoms with E-state index in [-0.39, 0.29) is 0 Å². The Labute approximate surface area is 120 Å². The molecule has 0 aliphatic rings. The van der Waals surface area contributed by atoms with Gasteiger partial charge in [-0.3, -0.25) is 0 Å². The van der Waals surface area contributed by atoms with E-state index in [4.69, 9.17) is 0 Å². The van der Waals surface area contributed by atoms with Gasteiger partial charge in [0.1, 0.15) is 0 Å². The van der Waals surface area contributed by atoms with Gasteiger partial charge in [0.25, 0.3) is 11.9 Å². The first-order valence-electron chi connectivity index (χ1n) is 6.15. The predicted molar refractivity (Wildman–Crippen MR) is 75.1 cm³/mol. The molecular formula is C12H13N7S. The summed E-state index contributed by atoms with van der Waals surface area (Å²) in [6.07, 6.45) is 6.97. The van der Waals surface area contributed by atoms with Crippen LogP contribution in [0.25, 0.3) is 11.9 Å². The fourth-order valence-corrected chi connectivity index (χ4v) is 2.27. The van der Waals surface area contributed by atoms with Crippen LogP contribution in [-0.4, -0.2) is 39.8 Å². The summed E-state index contributed by atoms with van der Waals surface area (Å²) >= 11 is 1.58. The van der Waals surface area contributed by atoms with Gasteiger partial charge in [0.05, 0.1) is 0 Å². The summed E-state index contributed by atoms with van der Waals surface area (Å²) in [7, 11) is 0. The van der Waals surface area contributed by atoms with E-state index in [2.05, 4.69) is 39.0 Å². The fourth-order valence-electron chi connectivity index (χ4n) is 1.58. The van der Waals surface area contributed by atoms with E-state index < -0.39 is 0 Å². The van der Waals surface area contributed by atoms with Crippen LogP contribution in [0.3, 0.4) is 0 Å². The van der Waals surface area contributed by atoms with Crippen LogP contribution < -0.4 is 0 Å². The molecule has 0 unspecified atom stereocenters. The Hall–Kier alpha value is -2.22. The zero-order valence-electron chi connectivity index (χ0n) is 11.1. The first kappa shape index (κ1) is 12.8. The lowest BCUT2D eigenvalue weighted by molar-refractivity contribution is 0.707. The van der Waals surface area contributed by atoms with Gasteiger partial charge in [-0.15, -0.1) is 0 Å². The summed E-state index contributed by atoms with van der Waals surface area (Å²) in [5, 5.41) is 9.35. The van der Waals surface area contributed by atoms with Crippen molar-refractivity contribution in [1.82, 2.24) is 34.5 Å². The lowest BCUT2D eigenvalue weighted by Crippen LogP contribution is -2.11. The molecule has 0 aliphatic carbocycles. The SMILES string of the molecule is CC(C)Sc1nc(-n2cccn2)nc(-n2cccn2)n1. The molecule has 0 fully saturated rings. The van der Waals surface area contributed by atoms with Crippen molar-refractivity contribution in [3.8, 4) is 11.9 Å². The monoisotopic (exact) mass is 287 g/mol. The molecule has 0 bridgehead atoms. The molecule has 0 aliphatic heterocycles. The van der Waals surface area contributed by atoms with Crippen LogP contribution in [0.4, 0.5) is 0 Å². The second-order valence-electron chi connectivity index (χ2n) is 4.29. The summed E-state index contributed by atoms with van der Waals surface area (Å²) in [6, 6.07) is 3.65. The van der Waals surface area contributed by atoms with Crippen LogP contribution in [0.15, 0.2) is 42.1 Å². The van der Waals surface area contributed by atoms with Gasteiger partial charge >= 0.3 is 0 Å². The average molecular weight is 287 g/mol. The minimum absolute atomic E-state index is 0.383. The van der Waals surface area contributed by atoms with Gasteiger partial charge in [-0.05, 0) is 12.1 Å². The van der Waals surface area contributed by atoms with E-state index in [0.29, 0.717) is 22.3 Å². The summed E-state index contributed by atoms with van der Waals surface area (Å²) < 4.78 is 3.22. The second kappa shape index (κ2) is 5.41. The maximum Gasteiger partial charge on any atom is 0.256 e. The van der Waals surface area contributed by atoms with Crippen molar-refractivity contribution in [3.05, 3.63) is 36.9 Å². The first-order valence-corrected chi connectivity index (χ1v) is 7.03. The molecule has 0 radical (unpaired) electrons. The van der Waals surface area contributed by atoms with Crippen molar-refractivity contribution in [3.63, 3.8) is 0 Å². The van der Waals surface area contributed by atoms with E-state index in [9.17, 15) is 0 Å². The van der Waals surface area contributed by atoms with Gasteiger partial charge < -0.3 is 0 Å². The highest BCUT2D eigenvalue weighted by molar-refractivity contribution is 7.99. The molecule has 8 heteroatoms. The largest absolute Gasteiger partial charge is 0.256 e. The summed E-state index contributed by atoms with van der Waals surface area (Å²) in [5.74, 6) is 0.970. The summed E-state index contributed by atoms with van der Waals surface area (Å²) in [4.78, 5) is 13.2. The molecule has 0 N–H and O–H groups in total. The number of hydrogen-bond acceptors (Lipinski definition) is 6. The Balaban J connectivity index is 2.08. The zero-order chi connectivity index (χ0) is 13.9. The Morgan fingerprint density at radius 3 is 1.85 bits per heavy atom. The smallest absolute Gasteiger partial charge is 0.206 e. The van der Waals surface area contributed by atoms with Crippen molar-refractivity contribution < 1.29 is 0 Å². The Kier molecular flexibility index (Phi) is 3.46. The number of thioether (sulfide) groups is 1. The maximum absolute atomic E-state index is 4.43. The lowest BCUT2D eigenvalue weighted by Gasteiger charge is -2.08. The Bertz CT molecular complexity index is 623. The molecule has 102 valence electrons. The number of hydrogen-bond donors (Lipinski definition) is 0. The third-order valence-electron chi connectivity index (χ3n) is 2.35. The highest BCUT2D eigenvalue weighted by Gasteiger charge is 2.11. The summed E-state index contributed by atoms with van der Waals surface area (Å²) in [5.41, 5.74) is 0. The molecule has 0 saturated carbocycles. The van der Waals surface area contributed by atoms with Crippen LogP contribution in [0.5, 0.6) is 0 Å². The molecule has 3 rings (SSSR count). The van der Waals surface area contributed by atoms with Gasteiger partial charge in [0, 0.05) is 30.0 Å². The molecule has 0 atom stereocenters. The van der Waals surface area contributed by atoms with Gasteiger partial charge in [0.2, 0.25) is 0 Å². The van der Waals surface area contributed by atoms with E-state index in [1.54, 1.807) is 45.9 Å². The first-order chi connectivity index (χ1) is 9.72. The van der Waals surface area contributed by atoms with Crippen LogP contribution >= 0.6 is 11.8 Å². The molecule has 0 amide bonds. The number of aromatic nitrogens is 7. The second-order valence-corrected chi connectivity index (χ2v) is 5.83. The number of nitrogens with zero attached hydrogens (tertiary/aromatic N) is 7. The minimum atomic E-state index is 0.383. The van der Waals surface area contributed by atoms with Gasteiger partial charge in [-0.1, -0.05) is 25.6 Å². The van der Waals surface area contributed by atoms with Crippen LogP contribution in [0.2, 0.25) is 0 Å². The molecule has 3 heterocycles. The Morgan fingerprint density at radius 2 is 1.45 bits per heavy atom. The van der Waals surface area contributed by atoms with Crippen molar-refractivity contribution in [2.75, 3.05) is 0 Å². The third kappa shape index (κ3) is 2.69. The van der Waals surface area contributed by atoms with E-state index >= 15 is 0 Å². The van der Waals surface area contributed by atoms with E-state index in [1.165, 1.54) is 0 Å². The highest BCUT2D eigenvalue weighted by atomic mass is 32.2. The Morgan fingerprint density at radius 1 is 0.900 bits per heavy atom. The molecule has 0 spiro atoms. The fraction of sp³-hybridized carbons (Fsp3) is 0.250. The van der Waals surface area contributed by atoms with E-state index in [1.807, 2.05) is 12.1 Å². The molecule has 7 nitrogen and oxygen atoms in total. The standard InChI is InChI=1S/C12H13N7S/c1-9(2)20-12-16-10(18-7-3-5-13-18)15-11(17-12)19-8-4-6-14-19/h3-9H,1-2H3. The van der Waals surface area contributed by atoms with Gasteiger partial charge in [0.15, 0.2) is 5.16 Å². The van der Waals surface area contributed by atoms with E-state index in [0.717, 1.165) is 0 Å². The predicted octanol–water partition coefficient (Wildman–Crippen LogP) is 1.74. The minimum Gasteiger partial charge on any atom is -0.206 e. The topological polar surface area (TPSA) is 74.3 Å². The van der Waals surface area contributed by atoms with Crippen LogP contribution in [0, 0.1) is 0 Å². The molecule has 20 heavy (non-hydrogen) atoms. The molecular weight excluding hydrogens is 274 g/mol. The van der Waals surface area contributed by atoms with Gasteiger partial charge in [-0.2, -0.15) is 25.1 Å². The van der Waals surface area contributed by atoms with Crippen LogP contribution in [-0.2, 0) is 0 Å². The van der Waals surface area contributed by atoms with Crippen LogP contribution in [0.1, 0.15) is 13.8 Å². The van der Waals surface area contributed by atoms with Gasteiger partial charge in [-0.25, -0.2) is 9.36 Å². The third-order valence-corrected chi connectivity index (χ3v) is 3.22. The molecule has 0 saturated heterocycles. The molecule has 3 aromatic heterocycles. The molecule has 0 aromatic carbocycles. The van der Waals surface area contributed by atoms with Crippen molar-refractivity contribution in [2.45, 2.75) is 24.3 Å². The number of rotatable bonds is 4. The van der Waals surface area contributed by atoms with Crippen molar-refractivity contribution >= 4 is 11.8 Å². The normalized spacial score (nSPS) is 11.2. The highest BCUT2D eigenvalue weighted by Crippen LogP contribution is 2.20. The lowest BCUT2D eigenvalue weighted by atomic mass is 10.6. The quantitative estimate of drug-likeness (QED) is 0.680. The zero-order valence-corrected chi connectivity index (χ0v) is 11.9. The average Bonchev–Trinajstić information content (AvgIpc) is 3.11. The van der Waals surface area contributed by atoms with Crippen molar-refractivity contribution in [1.29, 1.82) is 0 Å². The summed E-state index contributed by atoms with van der Waals surface area (Å²) in [6.45, 7) is 4.19. The molecule has 3 aromatic rings.